The lowest BCUT2D eigenvalue weighted by molar-refractivity contribution is -0.142. The van der Waals surface area contributed by atoms with Gasteiger partial charge in [-0.25, -0.2) is 4.79 Å². The number of furan rings is 1. The Labute approximate surface area is 141 Å². The highest BCUT2D eigenvalue weighted by molar-refractivity contribution is 5.96. The number of hydrogen-bond donors (Lipinski definition) is 3. The van der Waals surface area contributed by atoms with Gasteiger partial charge in [0.05, 0.1) is 6.26 Å². The van der Waals surface area contributed by atoms with Crippen LogP contribution in [0.1, 0.15) is 51.1 Å². The van der Waals surface area contributed by atoms with E-state index >= 15 is 0 Å². The van der Waals surface area contributed by atoms with Gasteiger partial charge in [-0.05, 0) is 36.8 Å². The second-order valence-corrected chi connectivity index (χ2v) is 6.66. The lowest BCUT2D eigenvalue weighted by Gasteiger charge is -2.23. The highest BCUT2D eigenvalue weighted by Gasteiger charge is 2.28. The van der Waals surface area contributed by atoms with E-state index in [4.69, 9.17) is 4.42 Å². The summed E-state index contributed by atoms with van der Waals surface area (Å²) in [6.45, 7) is 7.60. The first-order valence-corrected chi connectivity index (χ1v) is 8.08. The molecule has 0 spiro atoms. The summed E-state index contributed by atoms with van der Waals surface area (Å²) in [4.78, 5) is 35.9. The van der Waals surface area contributed by atoms with Crippen LogP contribution in [0.2, 0.25) is 0 Å². The van der Waals surface area contributed by atoms with Crippen molar-refractivity contribution in [1.82, 2.24) is 10.6 Å². The molecule has 7 nitrogen and oxygen atoms in total. The van der Waals surface area contributed by atoms with Gasteiger partial charge < -0.3 is 20.2 Å². The largest absolute Gasteiger partial charge is 0.480 e. The number of aliphatic carboxylic acids is 1. The number of carbonyl (C=O) groups is 3. The van der Waals surface area contributed by atoms with E-state index in [9.17, 15) is 19.5 Å². The average Bonchev–Trinajstić information content (AvgIpc) is 2.98. The minimum atomic E-state index is -1.09. The van der Waals surface area contributed by atoms with Crippen molar-refractivity contribution in [2.45, 2.75) is 52.6 Å². The van der Waals surface area contributed by atoms with Crippen molar-refractivity contribution in [1.29, 1.82) is 0 Å². The third kappa shape index (κ3) is 6.44. The van der Waals surface area contributed by atoms with Gasteiger partial charge in [0, 0.05) is 0 Å². The highest BCUT2D eigenvalue weighted by atomic mass is 16.4. The topological polar surface area (TPSA) is 109 Å². The number of carboxylic acids is 1. The Balaban J connectivity index is 2.80. The Morgan fingerprint density at radius 1 is 1.04 bits per heavy atom. The van der Waals surface area contributed by atoms with Gasteiger partial charge >= 0.3 is 5.97 Å². The van der Waals surface area contributed by atoms with Crippen LogP contribution in [0.15, 0.2) is 22.8 Å². The maximum Gasteiger partial charge on any atom is 0.326 e. The van der Waals surface area contributed by atoms with Crippen molar-refractivity contribution >= 4 is 17.8 Å². The van der Waals surface area contributed by atoms with E-state index in [1.54, 1.807) is 6.07 Å². The molecule has 0 aliphatic carbocycles. The summed E-state index contributed by atoms with van der Waals surface area (Å²) in [5, 5.41) is 14.4. The van der Waals surface area contributed by atoms with Crippen molar-refractivity contribution in [2.24, 2.45) is 11.8 Å². The second kappa shape index (κ2) is 9.10. The number of rotatable bonds is 9. The zero-order valence-corrected chi connectivity index (χ0v) is 14.5. The Kier molecular flexibility index (Phi) is 7.48. The highest BCUT2D eigenvalue weighted by Crippen LogP contribution is 2.10. The normalized spacial score (nSPS) is 13.6. The first kappa shape index (κ1) is 19.7. The quantitative estimate of drug-likeness (QED) is 0.638. The summed E-state index contributed by atoms with van der Waals surface area (Å²) in [6.07, 6.45) is 2.09. The van der Waals surface area contributed by atoms with Gasteiger partial charge in [-0.1, -0.05) is 27.7 Å². The van der Waals surface area contributed by atoms with E-state index in [0.717, 1.165) is 0 Å². The van der Waals surface area contributed by atoms with Crippen LogP contribution in [0.4, 0.5) is 0 Å². The lowest BCUT2D eigenvalue weighted by Crippen LogP contribution is -2.52. The second-order valence-electron chi connectivity index (χ2n) is 6.66. The molecule has 134 valence electrons. The monoisotopic (exact) mass is 338 g/mol. The number of carboxylic acid groups (broad SMARTS) is 1. The molecule has 1 aromatic heterocycles. The molecule has 0 radical (unpaired) electrons. The van der Waals surface area contributed by atoms with Crippen molar-refractivity contribution in [3.05, 3.63) is 24.2 Å². The molecule has 0 saturated carbocycles. The molecule has 0 aromatic carbocycles. The molecular weight excluding hydrogens is 312 g/mol. The summed E-state index contributed by atoms with van der Waals surface area (Å²) in [6, 6.07) is 1.28. The molecular formula is C17H26N2O5. The third-order valence-electron chi connectivity index (χ3n) is 3.40. The molecule has 2 unspecified atom stereocenters. The van der Waals surface area contributed by atoms with Gasteiger partial charge in [0.15, 0.2) is 5.76 Å². The predicted octanol–water partition coefficient (Wildman–Crippen LogP) is 2.04. The molecule has 7 heteroatoms. The Bertz CT molecular complexity index is 551. The van der Waals surface area contributed by atoms with Gasteiger partial charge in [0.2, 0.25) is 5.91 Å². The van der Waals surface area contributed by atoms with Gasteiger partial charge in [-0.15, -0.1) is 0 Å². The fraction of sp³-hybridized carbons (Fsp3) is 0.588. The van der Waals surface area contributed by atoms with Gasteiger partial charge in [0.1, 0.15) is 12.1 Å². The summed E-state index contributed by atoms with van der Waals surface area (Å²) < 4.78 is 5.01. The van der Waals surface area contributed by atoms with E-state index < -0.39 is 29.9 Å². The Morgan fingerprint density at radius 3 is 2.08 bits per heavy atom. The molecule has 2 amide bonds. The van der Waals surface area contributed by atoms with Crippen LogP contribution in [-0.2, 0) is 9.59 Å². The SMILES string of the molecule is CC(C)CC(NC(=O)C(CC(C)C)NC(=O)c1ccco1)C(=O)O. The lowest BCUT2D eigenvalue weighted by atomic mass is 10.0. The standard InChI is InChI=1S/C17H26N2O5/c1-10(2)8-12(18-16(21)14-6-5-7-24-14)15(20)19-13(17(22)23)9-11(3)4/h5-7,10-13H,8-9H2,1-4H3,(H,18,21)(H,19,20)(H,22,23). The van der Waals surface area contributed by atoms with Crippen molar-refractivity contribution < 1.29 is 23.9 Å². The van der Waals surface area contributed by atoms with Crippen LogP contribution in [0.5, 0.6) is 0 Å². The summed E-state index contributed by atoms with van der Waals surface area (Å²) in [5.41, 5.74) is 0. The number of hydrogen-bond acceptors (Lipinski definition) is 4. The molecule has 0 bridgehead atoms. The first-order chi connectivity index (χ1) is 11.2. The maximum absolute atomic E-state index is 12.5. The molecule has 0 fully saturated rings. The fourth-order valence-corrected chi connectivity index (χ4v) is 2.31. The van der Waals surface area contributed by atoms with E-state index in [1.165, 1.54) is 12.3 Å². The van der Waals surface area contributed by atoms with E-state index in [2.05, 4.69) is 10.6 Å². The Hall–Kier alpha value is -2.31. The summed E-state index contributed by atoms with van der Waals surface area (Å²) in [5.74, 6) is -1.72. The van der Waals surface area contributed by atoms with Crippen LogP contribution in [-0.4, -0.2) is 35.0 Å². The van der Waals surface area contributed by atoms with Crippen LogP contribution in [0, 0.1) is 11.8 Å². The van der Waals surface area contributed by atoms with Gasteiger partial charge in [0.25, 0.3) is 5.91 Å². The molecule has 0 saturated heterocycles. The Morgan fingerprint density at radius 2 is 1.62 bits per heavy atom. The molecule has 1 rings (SSSR count). The zero-order chi connectivity index (χ0) is 18.3. The predicted molar refractivity (Wildman–Crippen MR) is 88.4 cm³/mol. The van der Waals surface area contributed by atoms with Gasteiger partial charge in [-0.3, -0.25) is 9.59 Å². The van der Waals surface area contributed by atoms with Gasteiger partial charge in [-0.2, -0.15) is 0 Å². The van der Waals surface area contributed by atoms with Crippen LogP contribution >= 0.6 is 0 Å². The number of nitrogens with one attached hydrogen (secondary N) is 2. The minimum Gasteiger partial charge on any atom is -0.480 e. The molecule has 2 atom stereocenters. The third-order valence-corrected chi connectivity index (χ3v) is 3.40. The molecule has 0 aliphatic rings. The molecule has 3 N–H and O–H groups in total. The van der Waals surface area contributed by atoms with Crippen LogP contribution in [0.25, 0.3) is 0 Å². The molecule has 0 aliphatic heterocycles. The molecule has 1 heterocycles. The average molecular weight is 338 g/mol. The number of amides is 2. The smallest absolute Gasteiger partial charge is 0.326 e. The van der Waals surface area contributed by atoms with E-state index in [0.29, 0.717) is 12.8 Å². The number of carbonyl (C=O) groups excluding carboxylic acids is 2. The van der Waals surface area contributed by atoms with Crippen molar-refractivity contribution in [2.75, 3.05) is 0 Å². The first-order valence-electron chi connectivity index (χ1n) is 8.08. The zero-order valence-electron chi connectivity index (χ0n) is 14.5. The van der Waals surface area contributed by atoms with E-state index in [-0.39, 0.29) is 17.6 Å². The fourth-order valence-electron chi connectivity index (χ4n) is 2.31. The van der Waals surface area contributed by atoms with Crippen LogP contribution < -0.4 is 10.6 Å². The maximum atomic E-state index is 12.5. The van der Waals surface area contributed by atoms with Crippen molar-refractivity contribution in [3.63, 3.8) is 0 Å². The summed E-state index contributed by atoms with van der Waals surface area (Å²) >= 11 is 0. The van der Waals surface area contributed by atoms with Crippen molar-refractivity contribution in [3.8, 4) is 0 Å². The molecule has 1 aromatic rings. The molecule has 24 heavy (non-hydrogen) atoms. The minimum absolute atomic E-state index is 0.105. The van der Waals surface area contributed by atoms with Crippen LogP contribution in [0.3, 0.4) is 0 Å². The van der Waals surface area contributed by atoms with E-state index in [1.807, 2.05) is 27.7 Å². The summed E-state index contributed by atoms with van der Waals surface area (Å²) in [7, 11) is 0.